The summed E-state index contributed by atoms with van der Waals surface area (Å²) in [6.07, 6.45) is 3.54. The quantitative estimate of drug-likeness (QED) is 0.745. The maximum atomic E-state index is 5.75. The molecule has 1 aromatic heterocycles. The van der Waals surface area contributed by atoms with Crippen LogP contribution in [0.1, 0.15) is 12.6 Å². The van der Waals surface area contributed by atoms with E-state index in [0.717, 1.165) is 29.6 Å². The lowest BCUT2D eigenvalue weighted by Gasteiger charge is -2.33. The zero-order chi connectivity index (χ0) is 10.7. The molecule has 0 aliphatic carbocycles. The third kappa shape index (κ3) is 2.55. The molecule has 3 nitrogen and oxygen atoms in total. The molecule has 1 atom stereocenters. The van der Waals surface area contributed by atoms with Crippen molar-refractivity contribution in [1.82, 2.24) is 9.97 Å². The predicted molar refractivity (Wildman–Crippen MR) is 65.7 cm³/mol. The van der Waals surface area contributed by atoms with Gasteiger partial charge in [0.25, 0.3) is 0 Å². The Balaban J connectivity index is 2.19. The maximum absolute atomic E-state index is 5.75. The highest BCUT2D eigenvalue weighted by molar-refractivity contribution is 7.99. The summed E-state index contributed by atoms with van der Waals surface area (Å²) in [7, 11) is 0. The lowest BCUT2D eigenvalue weighted by atomic mass is 10.3. The number of alkyl halides is 1. The smallest absolute Gasteiger partial charge is 0.147 e. The second kappa shape index (κ2) is 5.03. The zero-order valence-corrected chi connectivity index (χ0v) is 10.3. The van der Waals surface area contributed by atoms with Crippen molar-refractivity contribution in [1.29, 1.82) is 0 Å². The minimum absolute atomic E-state index is 0.428. The zero-order valence-electron chi connectivity index (χ0n) is 8.69. The second-order valence-corrected chi connectivity index (χ2v) is 5.04. The van der Waals surface area contributed by atoms with E-state index in [9.17, 15) is 0 Å². The molecule has 0 spiro atoms. The first kappa shape index (κ1) is 11.0. The van der Waals surface area contributed by atoms with Crippen molar-refractivity contribution >= 4 is 29.2 Å². The number of anilines is 1. The van der Waals surface area contributed by atoms with Crippen LogP contribution in [-0.4, -0.2) is 34.1 Å². The van der Waals surface area contributed by atoms with Crippen LogP contribution in [0.15, 0.2) is 12.4 Å². The summed E-state index contributed by atoms with van der Waals surface area (Å²) in [5, 5.41) is 0. The summed E-state index contributed by atoms with van der Waals surface area (Å²) in [4.78, 5) is 11.0. The molecular formula is C10H14ClN3S. The second-order valence-electron chi connectivity index (χ2n) is 3.62. The van der Waals surface area contributed by atoms with Crippen LogP contribution >= 0.6 is 23.4 Å². The van der Waals surface area contributed by atoms with Crippen molar-refractivity contribution in [2.45, 2.75) is 18.8 Å². The molecule has 1 aliphatic heterocycles. The first-order valence-electron chi connectivity index (χ1n) is 5.02. The number of hydrogen-bond acceptors (Lipinski definition) is 4. The van der Waals surface area contributed by atoms with E-state index in [2.05, 4.69) is 21.8 Å². The van der Waals surface area contributed by atoms with Crippen LogP contribution in [0.4, 0.5) is 5.82 Å². The van der Waals surface area contributed by atoms with E-state index in [1.165, 1.54) is 0 Å². The molecule has 82 valence electrons. The summed E-state index contributed by atoms with van der Waals surface area (Å²) in [5.41, 5.74) is 0.847. The molecule has 15 heavy (non-hydrogen) atoms. The van der Waals surface area contributed by atoms with E-state index in [1.807, 2.05) is 18.0 Å². The standard InChI is InChI=1S/C10H14ClN3S/c1-8-7-15-3-2-14(8)10-6-12-5-9(4-11)13-10/h5-6,8H,2-4,7H2,1H3. The van der Waals surface area contributed by atoms with Gasteiger partial charge in [0.15, 0.2) is 0 Å². The molecule has 0 saturated carbocycles. The fourth-order valence-corrected chi connectivity index (χ4v) is 2.81. The summed E-state index contributed by atoms with van der Waals surface area (Å²) in [6, 6.07) is 0.531. The van der Waals surface area contributed by atoms with E-state index in [-0.39, 0.29) is 0 Å². The van der Waals surface area contributed by atoms with E-state index < -0.39 is 0 Å². The molecule has 0 radical (unpaired) electrons. The number of halogens is 1. The van der Waals surface area contributed by atoms with E-state index in [0.29, 0.717) is 11.9 Å². The van der Waals surface area contributed by atoms with E-state index in [4.69, 9.17) is 11.6 Å². The Hall–Kier alpha value is -0.480. The lowest BCUT2D eigenvalue weighted by Crippen LogP contribution is -2.41. The Morgan fingerprint density at radius 2 is 2.47 bits per heavy atom. The molecule has 0 bridgehead atoms. The van der Waals surface area contributed by atoms with Gasteiger partial charge in [-0.25, -0.2) is 4.98 Å². The van der Waals surface area contributed by atoms with Crippen LogP contribution in [0.5, 0.6) is 0 Å². The molecule has 1 aliphatic rings. The van der Waals surface area contributed by atoms with Gasteiger partial charge in [-0.05, 0) is 6.92 Å². The van der Waals surface area contributed by atoms with Crippen molar-refractivity contribution in [2.24, 2.45) is 0 Å². The Bertz CT molecular complexity index is 334. The van der Waals surface area contributed by atoms with Gasteiger partial charge < -0.3 is 4.90 Å². The van der Waals surface area contributed by atoms with Crippen molar-refractivity contribution in [2.75, 3.05) is 23.0 Å². The van der Waals surface area contributed by atoms with Gasteiger partial charge in [-0.1, -0.05) is 0 Å². The van der Waals surface area contributed by atoms with Gasteiger partial charge in [0, 0.05) is 30.3 Å². The molecule has 1 unspecified atom stereocenters. The monoisotopic (exact) mass is 243 g/mol. The minimum Gasteiger partial charge on any atom is -0.351 e. The topological polar surface area (TPSA) is 29.0 Å². The molecule has 1 saturated heterocycles. The number of nitrogens with zero attached hydrogens (tertiary/aromatic N) is 3. The van der Waals surface area contributed by atoms with Crippen LogP contribution in [0, 0.1) is 0 Å². The van der Waals surface area contributed by atoms with E-state index >= 15 is 0 Å². The first-order valence-corrected chi connectivity index (χ1v) is 6.71. The number of hydrogen-bond donors (Lipinski definition) is 0. The first-order chi connectivity index (χ1) is 7.31. The molecule has 1 fully saturated rings. The third-order valence-electron chi connectivity index (χ3n) is 2.47. The molecule has 0 aromatic carbocycles. The summed E-state index contributed by atoms with van der Waals surface area (Å²) >= 11 is 7.74. The molecule has 0 N–H and O–H groups in total. The van der Waals surface area contributed by atoms with Crippen molar-refractivity contribution < 1.29 is 0 Å². The fourth-order valence-electron chi connectivity index (χ4n) is 1.67. The van der Waals surface area contributed by atoms with Gasteiger partial charge in [0.1, 0.15) is 5.82 Å². The molecular weight excluding hydrogens is 230 g/mol. The minimum atomic E-state index is 0.428. The Kier molecular flexibility index (Phi) is 3.70. The molecule has 5 heteroatoms. The summed E-state index contributed by atoms with van der Waals surface area (Å²) in [6.45, 7) is 3.27. The normalized spacial score (nSPS) is 21.7. The van der Waals surface area contributed by atoms with Crippen LogP contribution in [-0.2, 0) is 5.88 Å². The highest BCUT2D eigenvalue weighted by Gasteiger charge is 2.20. The van der Waals surface area contributed by atoms with Crippen LogP contribution in [0.25, 0.3) is 0 Å². The van der Waals surface area contributed by atoms with Crippen molar-refractivity contribution in [3.8, 4) is 0 Å². The number of rotatable bonds is 2. The van der Waals surface area contributed by atoms with Gasteiger partial charge in [0.2, 0.25) is 0 Å². The number of thioether (sulfide) groups is 1. The van der Waals surface area contributed by atoms with Gasteiger partial charge in [-0.3, -0.25) is 4.98 Å². The highest BCUT2D eigenvalue weighted by atomic mass is 35.5. The van der Waals surface area contributed by atoms with Crippen LogP contribution < -0.4 is 4.90 Å². The largest absolute Gasteiger partial charge is 0.351 e. The third-order valence-corrected chi connectivity index (χ3v) is 3.93. The van der Waals surface area contributed by atoms with E-state index in [1.54, 1.807) is 6.20 Å². The van der Waals surface area contributed by atoms with Crippen molar-refractivity contribution in [3.63, 3.8) is 0 Å². The summed E-state index contributed by atoms with van der Waals surface area (Å²) < 4.78 is 0. The average molecular weight is 244 g/mol. The van der Waals surface area contributed by atoms with Crippen molar-refractivity contribution in [3.05, 3.63) is 18.1 Å². The molecule has 2 heterocycles. The molecule has 2 rings (SSSR count). The van der Waals surface area contributed by atoms with Gasteiger partial charge in [-0.2, -0.15) is 11.8 Å². The molecule has 0 amide bonds. The van der Waals surface area contributed by atoms with Gasteiger partial charge in [-0.15, -0.1) is 11.6 Å². The lowest BCUT2D eigenvalue weighted by molar-refractivity contribution is 0.686. The highest BCUT2D eigenvalue weighted by Crippen LogP contribution is 2.21. The number of aromatic nitrogens is 2. The Labute approximate surface area is 99.2 Å². The predicted octanol–water partition coefficient (Wildman–Crippen LogP) is 2.16. The molecule has 1 aromatic rings. The van der Waals surface area contributed by atoms with Gasteiger partial charge in [0.05, 0.1) is 17.8 Å². The van der Waals surface area contributed by atoms with Crippen LogP contribution in [0.2, 0.25) is 0 Å². The Morgan fingerprint density at radius 3 is 3.20 bits per heavy atom. The average Bonchev–Trinajstić information content (AvgIpc) is 2.30. The Morgan fingerprint density at radius 1 is 1.60 bits per heavy atom. The van der Waals surface area contributed by atoms with Gasteiger partial charge >= 0.3 is 0 Å². The fraction of sp³-hybridized carbons (Fsp3) is 0.600. The SMILES string of the molecule is CC1CSCCN1c1cncc(CCl)n1. The summed E-state index contributed by atoms with van der Waals surface area (Å²) in [5.74, 6) is 3.71. The van der Waals surface area contributed by atoms with Crippen LogP contribution in [0.3, 0.4) is 0 Å². The maximum Gasteiger partial charge on any atom is 0.147 e.